The van der Waals surface area contributed by atoms with Gasteiger partial charge >= 0.3 is 0 Å². The van der Waals surface area contributed by atoms with E-state index in [1.165, 1.54) is 24.3 Å². The lowest BCUT2D eigenvalue weighted by Crippen LogP contribution is -2.40. The van der Waals surface area contributed by atoms with Crippen LogP contribution in [0.15, 0.2) is 53.4 Å². The number of benzene rings is 2. The van der Waals surface area contributed by atoms with Crippen molar-refractivity contribution in [2.75, 3.05) is 25.4 Å². The van der Waals surface area contributed by atoms with Crippen LogP contribution in [0, 0.1) is 11.7 Å². The monoisotopic (exact) mass is 411 g/mol. The summed E-state index contributed by atoms with van der Waals surface area (Å²) in [7, 11) is -3.42. The van der Waals surface area contributed by atoms with E-state index in [4.69, 9.17) is 11.6 Å². The van der Waals surface area contributed by atoms with Crippen molar-refractivity contribution in [1.82, 2.24) is 4.90 Å². The normalized spacial score (nSPS) is 21.3. The molecule has 0 bridgehead atoms. The van der Waals surface area contributed by atoms with E-state index in [1.54, 1.807) is 24.3 Å². The van der Waals surface area contributed by atoms with Crippen molar-refractivity contribution in [2.24, 2.45) is 5.92 Å². The van der Waals surface area contributed by atoms with E-state index in [9.17, 15) is 17.9 Å². The number of aliphatic hydroxyl groups excluding tert-OH is 1. The van der Waals surface area contributed by atoms with E-state index in [0.29, 0.717) is 18.1 Å². The van der Waals surface area contributed by atoms with Gasteiger partial charge in [0.05, 0.1) is 10.6 Å². The molecule has 1 heterocycles. The fourth-order valence-corrected chi connectivity index (χ4v) is 4.94. The first-order valence-electron chi connectivity index (χ1n) is 8.98. The quantitative estimate of drug-likeness (QED) is 0.787. The summed E-state index contributed by atoms with van der Waals surface area (Å²) < 4.78 is 38.5. The number of piperidine rings is 1. The molecule has 0 spiro atoms. The fraction of sp³-hybridized carbons (Fsp3) is 0.400. The zero-order valence-corrected chi connectivity index (χ0v) is 16.5. The Balaban J connectivity index is 1.74. The summed E-state index contributed by atoms with van der Waals surface area (Å²) in [4.78, 5) is 2.38. The Kier molecular flexibility index (Phi) is 6.52. The predicted molar refractivity (Wildman–Crippen MR) is 104 cm³/mol. The Hall–Kier alpha value is -1.47. The molecule has 2 atom stereocenters. The van der Waals surface area contributed by atoms with Crippen molar-refractivity contribution in [3.63, 3.8) is 0 Å². The van der Waals surface area contributed by atoms with Crippen LogP contribution in [0.4, 0.5) is 4.39 Å². The van der Waals surface area contributed by atoms with E-state index < -0.39 is 9.84 Å². The van der Waals surface area contributed by atoms with Crippen LogP contribution in [-0.2, 0) is 9.84 Å². The molecule has 0 aliphatic carbocycles. The Morgan fingerprint density at radius 3 is 2.41 bits per heavy atom. The SMILES string of the molecule is O=S(=O)(CCN1CCC(CO)CC1c1ccc(F)cc1)c1ccc(Cl)cc1. The minimum atomic E-state index is -3.42. The minimum Gasteiger partial charge on any atom is -0.396 e. The van der Waals surface area contributed by atoms with Gasteiger partial charge in [0.25, 0.3) is 0 Å². The summed E-state index contributed by atoms with van der Waals surface area (Å²) in [5.41, 5.74) is 0.943. The van der Waals surface area contributed by atoms with Crippen LogP contribution in [0.2, 0.25) is 5.02 Å². The van der Waals surface area contributed by atoms with Gasteiger partial charge in [0.1, 0.15) is 5.82 Å². The van der Waals surface area contributed by atoms with Crippen LogP contribution < -0.4 is 0 Å². The number of hydrogen-bond donors (Lipinski definition) is 1. The molecule has 27 heavy (non-hydrogen) atoms. The van der Waals surface area contributed by atoms with Gasteiger partial charge in [-0.15, -0.1) is 0 Å². The van der Waals surface area contributed by atoms with Crippen LogP contribution in [0.3, 0.4) is 0 Å². The molecule has 1 fully saturated rings. The first kappa shape index (κ1) is 20.3. The molecule has 2 aromatic carbocycles. The van der Waals surface area contributed by atoms with Gasteiger partial charge in [0, 0.05) is 24.2 Å². The molecule has 146 valence electrons. The van der Waals surface area contributed by atoms with Gasteiger partial charge in [-0.25, -0.2) is 12.8 Å². The Morgan fingerprint density at radius 2 is 1.78 bits per heavy atom. The lowest BCUT2D eigenvalue weighted by atomic mass is 9.87. The lowest BCUT2D eigenvalue weighted by molar-refractivity contribution is 0.0852. The molecule has 1 aliphatic rings. The van der Waals surface area contributed by atoms with Crippen LogP contribution in [0.25, 0.3) is 0 Å². The number of halogens is 2. The summed E-state index contributed by atoms with van der Waals surface area (Å²) in [5, 5.41) is 10.0. The summed E-state index contributed by atoms with van der Waals surface area (Å²) in [5.74, 6) is -0.134. The molecule has 4 nitrogen and oxygen atoms in total. The molecule has 2 aromatic rings. The number of nitrogens with zero attached hydrogens (tertiary/aromatic N) is 1. The van der Waals surface area contributed by atoms with Crippen LogP contribution in [0.1, 0.15) is 24.4 Å². The molecule has 3 rings (SSSR count). The molecule has 2 unspecified atom stereocenters. The van der Waals surface area contributed by atoms with E-state index >= 15 is 0 Å². The second-order valence-corrected chi connectivity index (χ2v) is 9.49. The maximum absolute atomic E-state index is 13.3. The molecule has 0 radical (unpaired) electrons. The minimum absolute atomic E-state index is 0.00385. The van der Waals surface area contributed by atoms with Gasteiger partial charge in [-0.2, -0.15) is 0 Å². The molecular weight excluding hydrogens is 389 g/mol. The van der Waals surface area contributed by atoms with Gasteiger partial charge in [-0.05, 0) is 67.3 Å². The molecular formula is C20H23ClFNO3S. The number of aliphatic hydroxyl groups is 1. The van der Waals surface area contributed by atoms with Crippen LogP contribution in [0.5, 0.6) is 0 Å². The molecule has 7 heteroatoms. The Bertz CT molecular complexity index is 856. The first-order chi connectivity index (χ1) is 12.9. The van der Waals surface area contributed by atoms with Gasteiger partial charge in [0.15, 0.2) is 9.84 Å². The highest BCUT2D eigenvalue weighted by atomic mass is 35.5. The van der Waals surface area contributed by atoms with Gasteiger partial charge < -0.3 is 5.11 Å². The fourth-order valence-electron chi connectivity index (χ4n) is 3.55. The Labute approximate surface area is 164 Å². The Morgan fingerprint density at radius 1 is 1.11 bits per heavy atom. The maximum atomic E-state index is 13.3. The lowest BCUT2D eigenvalue weighted by Gasteiger charge is -2.39. The molecule has 1 saturated heterocycles. The summed E-state index contributed by atoms with van der Waals surface area (Å²) in [6.07, 6.45) is 1.54. The molecule has 0 saturated carbocycles. The van der Waals surface area contributed by atoms with Crippen molar-refractivity contribution in [2.45, 2.75) is 23.8 Å². The van der Waals surface area contributed by atoms with Crippen molar-refractivity contribution in [1.29, 1.82) is 0 Å². The zero-order valence-electron chi connectivity index (χ0n) is 14.9. The highest BCUT2D eigenvalue weighted by molar-refractivity contribution is 7.91. The van der Waals surface area contributed by atoms with Gasteiger partial charge in [-0.3, -0.25) is 4.90 Å². The zero-order chi connectivity index (χ0) is 19.4. The molecule has 1 aliphatic heterocycles. The average molecular weight is 412 g/mol. The van der Waals surface area contributed by atoms with E-state index in [-0.39, 0.29) is 35.0 Å². The third-order valence-corrected chi connectivity index (χ3v) is 7.12. The highest BCUT2D eigenvalue weighted by Gasteiger charge is 2.30. The number of likely N-dealkylation sites (tertiary alicyclic amines) is 1. The van der Waals surface area contributed by atoms with Gasteiger partial charge in [0.2, 0.25) is 0 Å². The van der Waals surface area contributed by atoms with Crippen LogP contribution in [-0.4, -0.2) is 43.9 Å². The first-order valence-corrected chi connectivity index (χ1v) is 11.0. The summed E-state index contributed by atoms with van der Waals surface area (Å²) in [6, 6.07) is 12.5. The van der Waals surface area contributed by atoms with E-state index in [0.717, 1.165) is 18.4 Å². The summed E-state index contributed by atoms with van der Waals surface area (Å²) in [6.45, 7) is 1.18. The topological polar surface area (TPSA) is 57.6 Å². The molecule has 0 amide bonds. The number of hydrogen-bond acceptors (Lipinski definition) is 4. The maximum Gasteiger partial charge on any atom is 0.179 e. The largest absolute Gasteiger partial charge is 0.396 e. The number of sulfone groups is 1. The predicted octanol–water partition coefficient (Wildman–Crippen LogP) is 3.70. The molecule has 0 aromatic heterocycles. The van der Waals surface area contributed by atoms with Crippen molar-refractivity contribution < 1.29 is 17.9 Å². The van der Waals surface area contributed by atoms with Crippen molar-refractivity contribution >= 4 is 21.4 Å². The highest BCUT2D eigenvalue weighted by Crippen LogP contribution is 2.34. The average Bonchev–Trinajstić information content (AvgIpc) is 2.67. The smallest absolute Gasteiger partial charge is 0.179 e. The molecule has 1 N–H and O–H groups in total. The second kappa shape index (κ2) is 8.69. The van der Waals surface area contributed by atoms with Gasteiger partial charge in [-0.1, -0.05) is 23.7 Å². The van der Waals surface area contributed by atoms with E-state index in [2.05, 4.69) is 4.90 Å². The second-order valence-electron chi connectivity index (χ2n) is 6.95. The third-order valence-electron chi connectivity index (χ3n) is 5.15. The third kappa shape index (κ3) is 5.08. The standard InChI is InChI=1S/C20H23ClFNO3S/c21-17-3-7-19(8-4-17)27(25,26)12-11-23-10-9-15(14-24)13-20(23)16-1-5-18(22)6-2-16/h1-8,15,20,24H,9-14H2. The van der Waals surface area contributed by atoms with Crippen molar-refractivity contribution in [3.8, 4) is 0 Å². The van der Waals surface area contributed by atoms with Crippen LogP contribution >= 0.6 is 11.6 Å². The van der Waals surface area contributed by atoms with Crippen molar-refractivity contribution in [3.05, 3.63) is 64.9 Å². The number of rotatable bonds is 6. The van der Waals surface area contributed by atoms with E-state index in [1.807, 2.05) is 0 Å². The summed E-state index contributed by atoms with van der Waals surface area (Å²) >= 11 is 5.84.